The van der Waals surface area contributed by atoms with Gasteiger partial charge in [-0.2, -0.15) is 0 Å². The molecule has 0 radical (unpaired) electrons. The maximum Gasteiger partial charge on any atom is 0.243 e. The minimum absolute atomic E-state index is 0.279. The van der Waals surface area contributed by atoms with E-state index in [1.54, 1.807) is 10.8 Å². The van der Waals surface area contributed by atoms with Crippen molar-refractivity contribution in [3.8, 4) is 0 Å². The summed E-state index contributed by atoms with van der Waals surface area (Å²) in [7, 11) is 0. The maximum absolute atomic E-state index is 11.6. The van der Waals surface area contributed by atoms with Crippen molar-refractivity contribution in [3.63, 3.8) is 0 Å². The van der Waals surface area contributed by atoms with Gasteiger partial charge in [-0.15, -0.1) is 0 Å². The Kier molecular flexibility index (Phi) is 3.26. The van der Waals surface area contributed by atoms with Crippen LogP contribution in [0.3, 0.4) is 0 Å². The number of carbonyl (C=O) groups is 1. The summed E-state index contributed by atoms with van der Waals surface area (Å²) < 4.78 is 7.00. The SMILES string of the molecule is NC(=O)C1(n2ccnc2[C@@H]2O[C@H](C(N)O)[C@@H](O)[C@H]2O)CC1. The number of ether oxygens (including phenoxy) is 1. The fourth-order valence-corrected chi connectivity index (χ4v) is 2.81. The van der Waals surface area contributed by atoms with Gasteiger partial charge < -0.3 is 36.1 Å². The van der Waals surface area contributed by atoms with Crippen LogP contribution in [-0.4, -0.2) is 55.3 Å². The Morgan fingerprint density at radius 2 is 2.14 bits per heavy atom. The fraction of sp³-hybridized carbons (Fsp3) is 0.667. The van der Waals surface area contributed by atoms with Crippen molar-refractivity contribution in [1.82, 2.24) is 9.55 Å². The quantitative estimate of drug-likeness (QED) is 0.378. The molecule has 1 aromatic heterocycles. The number of aliphatic hydroxyl groups is 3. The summed E-state index contributed by atoms with van der Waals surface area (Å²) in [5, 5.41) is 29.3. The van der Waals surface area contributed by atoms with Gasteiger partial charge in [-0.05, 0) is 12.8 Å². The predicted molar refractivity (Wildman–Crippen MR) is 68.5 cm³/mol. The molecule has 9 nitrogen and oxygen atoms in total. The zero-order valence-electron chi connectivity index (χ0n) is 11.2. The van der Waals surface area contributed by atoms with E-state index in [0.717, 1.165) is 0 Å². The molecule has 2 fully saturated rings. The standard InChI is InChI=1S/C12H18N4O5/c13-9(19)7-5(17)6(18)8(21-7)10-15-3-4-16(10)12(1-2-12)11(14)20/h3-9,17-19H,1-2,13H2,(H2,14,20)/t5-,6+,7-,8+,9?/m0/s1. The first-order chi connectivity index (χ1) is 9.88. The highest BCUT2D eigenvalue weighted by molar-refractivity contribution is 5.85. The van der Waals surface area contributed by atoms with Crippen molar-refractivity contribution in [2.24, 2.45) is 11.5 Å². The molecular formula is C12H18N4O5. The number of imidazole rings is 1. The van der Waals surface area contributed by atoms with Gasteiger partial charge in [-0.3, -0.25) is 4.79 Å². The van der Waals surface area contributed by atoms with Crippen molar-refractivity contribution in [1.29, 1.82) is 0 Å². The van der Waals surface area contributed by atoms with E-state index in [0.29, 0.717) is 12.8 Å². The van der Waals surface area contributed by atoms with Crippen LogP contribution in [0.2, 0.25) is 0 Å². The van der Waals surface area contributed by atoms with Crippen LogP contribution in [0.15, 0.2) is 12.4 Å². The lowest BCUT2D eigenvalue weighted by atomic mass is 10.1. The van der Waals surface area contributed by atoms with E-state index in [4.69, 9.17) is 16.2 Å². The second-order valence-corrected chi connectivity index (χ2v) is 5.54. The van der Waals surface area contributed by atoms with Crippen LogP contribution in [0.1, 0.15) is 24.8 Å². The Morgan fingerprint density at radius 3 is 2.62 bits per heavy atom. The molecule has 1 unspecified atom stereocenters. The molecule has 0 aromatic carbocycles. The first kappa shape index (κ1) is 14.4. The molecular weight excluding hydrogens is 280 g/mol. The number of amides is 1. The van der Waals surface area contributed by atoms with E-state index >= 15 is 0 Å². The third-order valence-corrected chi connectivity index (χ3v) is 4.20. The van der Waals surface area contributed by atoms with Gasteiger partial charge in [0.05, 0.1) is 0 Å². The lowest BCUT2D eigenvalue weighted by Crippen LogP contribution is -2.43. The van der Waals surface area contributed by atoms with Crippen molar-refractivity contribution in [2.75, 3.05) is 0 Å². The maximum atomic E-state index is 11.6. The number of rotatable bonds is 4. The van der Waals surface area contributed by atoms with E-state index in [2.05, 4.69) is 4.98 Å². The van der Waals surface area contributed by atoms with Crippen LogP contribution in [-0.2, 0) is 15.1 Å². The highest BCUT2D eigenvalue weighted by atomic mass is 16.6. The smallest absolute Gasteiger partial charge is 0.243 e. The number of hydrogen-bond acceptors (Lipinski definition) is 7. The first-order valence-electron chi connectivity index (χ1n) is 6.67. The first-order valence-corrected chi connectivity index (χ1v) is 6.67. The predicted octanol–water partition coefficient (Wildman–Crippen LogP) is -2.70. The Labute approximate surface area is 120 Å². The van der Waals surface area contributed by atoms with E-state index in [-0.39, 0.29) is 5.82 Å². The molecule has 1 amide bonds. The average Bonchev–Trinajstić information content (AvgIpc) is 3.00. The van der Waals surface area contributed by atoms with Crippen molar-refractivity contribution in [3.05, 3.63) is 18.2 Å². The molecule has 7 N–H and O–H groups in total. The summed E-state index contributed by atoms with van der Waals surface area (Å²) in [5.41, 5.74) is 9.89. The van der Waals surface area contributed by atoms with E-state index in [9.17, 15) is 20.1 Å². The largest absolute Gasteiger partial charge is 0.387 e. The lowest BCUT2D eigenvalue weighted by molar-refractivity contribution is -0.122. The number of nitrogens with zero attached hydrogens (tertiary/aromatic N) is 2. The molecule has 3 rings (SSSR count). The molecule has 9 heteroatoms. The number of primary amides is 1. The van der Waals surface area contributed by atoms with Gasteiger partial charge in [0.2, 0.25) is 5.91 Å². The van der Waals surface area contributed by atoms with Gasteiger partial charge >= 0.3 is 0 Å². The summed E-state index contributed by atoms with van der Waals surface area (Å²) in [4.78, 5) is 15.7. The highest BCUT2D eigenvalue weighted by Crippen LogP contribution is 2.46. The van der Waals surface area contributed by atoms with Gasteiger partial charge in [-0.1, -0.05) is 0 Å². The van der Waals surface area contributed by atoms with Gasteiger partial charge in [0.15, 0.2) is 0 Å². The Morgan fingerprint density at radius 1 is 1.48 bits per heavy atom. The van der Waals surface area contributed by atoms with Crippen molar-refractivity contribution < 1.29 is 24.9 Å². The van der Waals surface area contributed by atoms with Crippen LogP contribution in [0.5, 0.6) is 0 Å². The molecule has 1 aromatic rings. The molecule has 0 bridgehead atoms. The van der Waals surface area contributed by atoms with E-state index in [1.165, 1.54) is 6.20 Å². The van der Waals surface area contributed by atoms with Crippen molar-refractivity contribution >= 4 is 5.91 Å². The Balaban J connectivity index is 1.93. The van der Waals surface area contributed by atoms with E-state index in [1.807, 2.05) is 0 Å². The zero-order valence-corrected chi connectivity index (χ0v) is 11.2. The summed E-state index contributed by atoms with van der Waals surface area (Å²) in [6.07, 6.45) is -1.99. The van der Waals surface area contributed by atoms with Crippen LogP contribution in [0.4, 0.5) is 0 Å². The molecule has 1 aliphatic heterocycles. The molecule has 21 heavy (non-hydrogen) atoms. The third kappa shape index (κ3) is 2.05. The van der Waals surface area contributed by atoms with Crippen LogP contribution in [0.25, 0.3) is 0 Å². The van der Waals surface area contributed by atoms with Crippen molar-refractivity contribution in [2.45, 2.75) is 49.0 Å². The molecule has 1 saturated heterocycles. The summed E-state index contributed by atoms with van der Waals surface area (Å²) in [6, 6.07) is 0. The topological polar surface area (TPSA) is 157 Å². The highest BCUT2D eigenvalue weighted by Gasteiger charge is 2.54. The minimum Gasteiger partial charge on any atom is -0.387 e. The summed E-state index contributed by atoms with van der Waals surface area (Å²) in [5.74, 6) is -0.203. The van der Waals surface area contributed by atoms with Gasteiger partial charge in [-0.25, -0.2) is 4.98 Å². The molecule has 5 atom stereocenters. The van der Waals surface area contributed by atoms with Crippen LogP contribution >= 0.6 is 0 Å². The zero-order chi connectivity index (χ0) is 15.4. The second-order valence-electron chi connectivity index (χ2n) is 5.54. The lowest BCUT2D eigenvalue weighted by Gasteiger charge is -2.21. The summed E-state index contributed by atoms with van der Waals surface area (Å²) >= 11 is 0. The number of carbonyl (C=O) groups excluding carboxylic acids is 1. The molecule has 116 valence electrons. The van der Waals surface area contributed by atoms with Gasteiger partial charge in [0.25, 0.3) is 0 Å². The number of hydrogen-bond donors (Lipinski definition) is 5. The second kappa shape index (κ2) is 4.75. The Bertz CT molecular complexity index is 556. The molecule has 0 spiro atoms. The van der Waals surface area contributed by atoms with Crippen LogP contribution in [0, 0.1) is 0 Å². The normalized spacial score (nSPS) is 35.6. The molecule has 2 heterocycles. The number of aliphatic hydroxyl groups excluding tert-OH is 3. The van der Waals surface area contributed by atoms with Gasteiger partial charge in [0, 0.05) is 12.4 Å². The minimum atomic E-state index is -1.44. The summed E-state index contributed by atoms with van der Waals surface area (Å²) in [6.45, 7) is 0. The fourth-order valence-electron chi connectivity index (χ4n) is 2.81. The average molecular weight is 298 g/mol. The Hall–Kier alpha value is -1.52. The third-order valence-electron chi connectivity index (χ3n) is 4.20. The number of nitrogens with two attached hydrogens (primary N) is 2. The molecule has 1 saturated carbocycles. The van der Waals surface area contributed by atoms with Gasteiger partial charge in [0.1, 0.15) is 42.0 Å². The van der Waals surface area contributed by atoms with Crippen LogP contribution < -0.4 is 11.5 Å². The molecule has 1 aliphatic carbocycles. The van der Waals surface area contributed by atoms with E-state index < -0.39 is 42.1 Å². The monoisotopic (exact) mass is 298 g/mol. The number of aromatic nitrogens is 2. The molecule has 2 aliphatic rings.